The predicted molar refractivity (Wildman–Crippen MR) is 196 cm³/mol. The van der Waals surface area contributed by atoms with Crippen molar-refractivity contribution < 1.29 is 6.85 Å². The summed E-state index contributed by atoms with van der Waals surface area (Å²) in [6, 6.07) is 43.6. The summed E-state index contributed by atoms with van der Waals surface area (Å²) >= 11 is 0. The zero-order chi connectivity index (χ0) is 35.5. The summed E-state index contributed by atoms with van der Waals surface area (Å²) in [4.78, 5) is 9.20. The van der Waals surface area contributed by atoms with Gasteiger partial charge in [0.15, 0.2) is 0 Å². The second kappa shape index (κ2) is 11.2. The molecular formula is C44H29N3. The van der Waals surface area contributed by atoms with Crippen LogP contribution in [0.1, 0.15) is 6.85 Å². The first-order chi connectivity index (χ1) is 25.4. The third-order valence-corrected chi connectivity index (χ3v) is 8.76. The van der Waals surface area contributed by atoms with Gasteiger partial charge in [-0.2, -0.15) is 0 Å². The monoisotopic (exact) mass is 604 g/mol. The number of aromatic nitrogens is 3. The van der Waals surface area contributed by atoms with Gasteiger partial charge in [-0.3, -0.25) is 9.55 Å². The lowest BCUT2D eigenvalue weighted by molar-refractivity contribution is 1.10. The number of imidazole rings is 1. The summed E-state index contributed by atoms with van der Waals surface area (Å²) in [6.07, 6.45) is 3.67. The molecule has 0 bridgehead atoms. The first-order valence-corrected chi connectivity index (χ1v) is 15.5. The minimum absolute atomic E-state index is 0.0568. The van der Waals surface area contributed by atoms with Crippen molar-refractivity contribution in [1.82, 2.24) is 14.5 Å². The molecule has 0 unspecified atom stereocenters. The van der Waals surface area contributed by atoms with Gasteiger partial charge in [-0.1, -0.05) is 127 Å². The Morgan fingerprint density at radius 1 is 0.489 bits per heavy atom. The van der Waals surface area contributed by atoms with Crippen LogP contribution in [0.4, 0.5) is 0 Å². The Morgan fingerprint density at radius 3 is 1.77 bits per heavy atom. The molecule has 0 spiro atoms. The van der Waals surface area contributed by atoms with E-state index in [-0.39, 0.29) is 23.5 Å². The van der Waals surface area contributed by atoms with Crippen LogP contribution in [0.2, 0.25) is 0 Å². The number of pyridine rings is 1. The molecule has 2 heterocycles. The number of rotatable bonds is 5. The summed E-state index contributed by atoms with van der Waals surface area (Å²) in [7, 11) is 0. The number of para-hydroxylation sites is 2. The summed E-state index contributed by atoms with van der Waals surface area (Å²) in [6.45, 7) is 0. The SMILES string of the molecule is [2H]c1c([2H])c([2H])c(-c2nc3ccccc3n2-c2cccc(-c3c4ccccc4c(-c4cccc(-c5cccnc5)c4)c4ccccc34)c2)c([2H])c1[2H]. The molecule has 220 valence electrons. The maximum absolute atomic E-state index is 8.79. The van der Waals surface area contributed by atoms with Gasteiger partial charge in [-0.25, -0.2) is 4.98 Å². The lowest BCUT2D eigenvalue weighted by Crippen LogP contribution is -1.98. The zero-order valence-electron chi connectivity index (χ0n) is 30.2. The van der Waals surface area contributed by atoms with E-state index in [1.54, 1.807) is 6.20 Å². The van der Waals surface area contributed by atoms with Gasteiger partial charge in [-0.15, -0.1) is 0 Å². The topological polar surface area (TPSA) is 30.7 Å². The number of hydrogen-bond acceptors (Lipinski definition) is 2. The van der Waals surface area contributed by atoms with Crippen LogP contribution in [-0.2, 0) is 0 Å². The number of nitrogens with zero attached hydrogens (tertiary/aromatic N) is 3. The molecule has 0 saturated carbocycles. The highest BCUT2D eigenvalue weighted by atomic mass is 15.1. The third kappa shape index (κ3) is 4.60. The van der Waals surface area contributed by atoms with Gasteiger partial charge in [0.1, 0.15) is 5.82 Å². The largest absolute Gasteiger partial charge is 0.292 e. The van der Waals surface area contributed by atoms with Crippen LogP contribution in [0.3, 0.4) is 0 Å². The molecule has 9 aromatic rings. The predicted octanol–water partition coefficient (Wildman–Crippen LogP) is 11.4. The Labute approximate surface area is 280 Å². The lowest BCUT2D eigenvalue weighted by Gasteiger charge is -2.19. The van der Waals surface area contributed by atoms with Crippen molar-refractivity contribution in [3.05, 3.63) is 176 Å². The highest BCUT2D eigenvalue weighted by Gasteiger charge is 2.19. The van der Waals surface area contributed by atoms with Crippen LogP contribution in [-0.4, -0.2) is 14.5 Å². The standard InChI is InChI=1S/C44H29N3/c1-2-13-30(14-3-1)44-46-40-24-8-9-25-41(40)47(44)35-19-11-17-33(28-35)43-38-22-6-4-20-36(38)42(37-21-5-7-23-39(37)43)32-16-10-15-31(27-32)34-18-12-26-45-29-34/h1-29H/i1D,2D,3D,13D,14D. The number of hydrogen-bond donors (Lipinski definition) is 0. The molecule has 0 aliphatic heterocycles. The van der Waals surface area contributed by atoms with Crippen molar-refractivity contribution in [2.24, 2.45) is 0 Å². The van der Waals surface area contributed by atoms with Gasteiger partial charge in [0.2, 0.25) is 0 Å². The second-order valence-electron chi connectivity index (χ2n) is 11.5. The quantitative estimate of drug-likeness (QED) is 0.183. The molecular weight excluding hydrogens is 571 g/mol. The van der Waals surface area contributed by atoms with Gasteiger partial charge < -0.3 is 0 Å². The van der Waals surface area contributed by atoms with Crippen LogP contribution in [0.5, 0.6) is 0 Å². The molecule has 0 fully saturated rings. The van der Waals surface area contributed by atoms with Gasteiger partial charge >= 0.3 is 0 Å². The van der Waals surface area contributed by atoms with Crippen LogP contribution < -0.4 is 0 Å². The average Bonchev–Trinajstić information content (AvgIpc) is 3.58. The Morgan fingerprint density at radius 2 is 1.09 bits per heavy atom. The fraction of sp³-hybridized carbons (Fsp3) is 0. The fourth-order valence-corrected chi connectivity index (χ4v) is 6.76. The molecule has 0 N–H and O–H groups in total. The van der Waals surface area contributed by atoms with Crippen LogP contribution in [0.15, 0.2) is 176 Å². The van der Waals surface area contributed by atoms with E-state index in [0.29, 0.717) is 5.52 Å². The molecule has 9 rings (SSSR count). The van der Waals surface area contributed by atoms with Crippen molar-refractivity contribution in [2.75, 3.05) is 0 Å². The molecule has 0 radical (unpaired) electrons. The van der Waals surface area contributed by atoms with E-state index in [0.717, 1.165) is 66.1 Å². The summed E-state index contributed by atoms with van der Waals surface area (Å²) in [5, 5.41) is 4.44. The summed E-state index contributed by atoms with van der Waals surface area (Å²) in [5.41, 5.74) is 8.71. The number of benzene rings is 7. The van der Waals surface area contributed by atoms with E-state index in [4.69, 9.17) is 11.8 Å². The smallest absolute Gasteiger partial charge is 0.145 e. The maximum Gasteiger partial charge on any atom is 0.145 e. The van der Waals surface area contributed by atoms with E-state index >= 15 is 0 Å². The highest BCUT2D eigenvalue weighted by Crippen LogP contribution is 2.44. The second-order valence-corrected chi connectivity index (χ2v) is 11.5. The molecule has 2 aromatic heterocycles. The first-order valence-electron chi connectivity index (χ1n) is 18.0. The zero-order valence-corrected chi connectivity index (χ0v) is 25.2. The minimum Gasteiger partial charge on any atom is -0.292 e. The van der Waals surface area contributed by atoms with Crippen molar-refractivity contribution >= 4 is 32.6 Å². The molecule has 0 aliphatic rings. The van der Waals surface area contributed by atoms with Crippen LogP contribution in [0, 0.1) is 0 Å². The minimum atomic E-state index is -0.436. The van der Waals surface area contributed by atoms with Crippen LogP contribution >= 0.6 is 0 Å². The fourth-order valence-electron chi connectivity index (χ4n) is 6.76. The summed E-state index contributed by atoms with van der Waals surface area (Å²) < 4.78 is 44.4. The van der Waals surface area contributed by atoms with Gasteiger partial charge in [0, 0.05) is 29.2 Å². The van der Waals surface area contributed by atoms with E-state index < -0.39 is 18.1 Å². The van der Waals surface area contributed by atoms with E-state index in [1.807, 2.05) is 53.2 Å². The Kier molecular flexibility index (Phi) is 5.32. The first kappa shape index (κ1) is 22.2. The highest BCUT2D eigenvalue weighted by molar-refractivity contribution is 6.21. The normalized spacial score (nSPS) is 12.9. The Hall–Kier alpha value is -6.32. The lowest BCUT2D eigenvalue weighted by atomic mass is 9.85. The van der Waals surface area contributed by atoms with E-state index in [1.165, 1.54) is 0 Å². The molecule has 0 atom stereocenters. The van der Waals surface area contributed by atoms with Crippen molar-refractivity contribution in [3.8, 4) is 50.5 Å². The van der Waals surface area contributed by atoms with Gasteiger partial charge in [-0.05, 0) is 85.8 Å². The molecule has 3 heteroatoms. The summed E-state index contributed by atoms with van der Waals surface area (Å²) in [5.74, 6) is 0.286. The Bertz CT molecular complexity index is 2780. The van der Waals surface area contributed by atoms with Crippen molar-refractivity contribution in [1.29, 1.82) is 0 Å². The van der Waals surface area contributed by atoms with Crippen LogP contribution in [0.25, 0.3) is 83.0 Å². The Balaban J connectivity index is 1.30. The van der Waals surface area contributed by atoms with Crippen molar-refractivity contribution in [2.45, 2.75) is 0 Å². The molecule has 0 amide bonds. The average molecular weight is 605 g/mol. The third-order valence-electron chi connectivity index (χ3n) is 8.76. The molecule has 47 heavy (non-hydrogen) atoms. The van der Waals surface area contributed by atoms with E-state index in [2.05, 4.69) is 96.0 Å². The van der Waals surface area contributed by atoms with Gasteiger partial charge in [0.25, 0.3) is 0 Å². The van der Waals surface area contributed by atoms with E-state index in [9.17, 15) is 0 Å². The van der Waals surface area contributed by atoms with Crippen molar-refractivity contribution in [3.63, 3.8) is 0 Å². The molecule has 0 aliphatic carbocycles. The van der Waals surface area contributed by atoms with Gasteiger partial charge in [0.05, 0.1) is 17.9 Å². The molecule has 3 nitrogen and oxygen atoms in total. The maximum atomic E-state index is 8.79. The number of fused-ring (bicyclic) bond motifs is 3. The molecule has 7 aromatic carbocycles. The molecule has 0 saturated heterocycles.